The van der Waals surface area contributed by atoms with Crippen LogP contribution < -0.4 is 5.32 Å². The van der Waals surface area contributed by atoms with E-state index >= 15 is 0 Å². The van der Waals surface area contributed by atoms with E-state index in [-0.39, 0.29) is 12.5 Å². The Hall–Kier alpha value is -1.79. The first-order chi connectivity index (χ1) is 11.6. The van der Waals surface area contributed by atoms with Crippen LogP contribution in [0.5, 0.6) is 0 Å². The Morgan fingerprint density at radius 2 is 1.96 bits per heavy atom. The van der Waals surface area contributed by atoms with Crippen LogP contribution in [-0.4, -0.2) is 30.8 Å². The van der Waals surface area contributed by atoms with E-state index in [1.807, 2.05) is 32.0 Å². The molecule has 2 rings (SSSR count). The van der Waals surface area contributed by atoms with Gasteiger partial charge in [-0.1, -0.05) is 30.3 Å². The van der Waals surface area contributed by atoms with Crippen LogP contribution in [0.4, 0.5) is 0 Å². The van der Waals surface area contributed by atoms with Crippen LogP contribution >= 0.6 is 23.1 Å². The molecule has 1 heterocycles. The van der Waals surface area contributed by atoms with Crippen molar-refractivity contribution in [3.8, 4) is 0 Å². The topological polar surface area (TPSA) is 55.4 Å². The quantitative estimate of drug-likeness (QED) is 0.575. The van der Waals surface area contributed by atoms with E-state index in [2.05, 4.69) is 17.4 Å². The second kappa shape index (κ2) is 9.49. The third-order valence-corrected chi connectivity index (χ3v) is 5.27. The smallest absolute Gasteiger partial charge is 0.339 e. The number of carbonyl (C=O) groups is 2. The van der Waals surface area contributed by atoms with Crippen LogP contribution in [0.3, 0.4) is 0 Å². The van der Waals surface area contributed by atoms with Gasteiger partial charge in [0.15, 0.2) is 6.61 Å². The lowest BCUT2D eigenvalue weighted by atomic mass is 10.2. The number of hydrogen-bond donors (Lipinski definition) is 1. The van der Waals surface area contributed by atoms with Gasteiger partial charge in [0.2, 0.25) is 0 Å². The monoisotopic (exact) mass is 363 g/mol. The fourth-order valence-electron chi connectivity index (χ4n) is 2.12. The first-order valence-electron chi connectivity index (χ1n) is 7.69. The molecule has 24 heavy (non-hydrogen) atoms. The molecule has 4 nitrogen and oxygen atoms in total. The number of aryl methyl sites for hydroxylation is 2. The molecule has 128 valence electrons. The molecular formula is C18H21NO3S2. The number of esters is 1. The van der Waals surface area contributed by atoms with Gasteiger partial charge in [-0.15, -0.1) is 11.3 Å². The highest BCUT2D eigenvalue weighted by Gasteiger charge is 2.14. The molecule has 1 aromatic heterocycles. The third-order valence-electron chi connectivity index (χ3n) is 3.28. The first-order valence-corrected chi connectivity index (χ1v) is 9.66. The minimum atomic E-state index is -0.439. The summed E-state index contributed by atoms with van der Waals surface area (Å²) in [6, 6.07) is 12.0. The van der Waals surface area contributed by atoms with E-state index < -0.39 is 5.97 Å². The van der Waals surface area contributed by atoms with Gasteiger partial charge in [0.25, 0.3) is 5.91 Å². The van der Waals surface area contributed by atoms with Crippen molar-refractivity contribution in [1.29, 1.82) is 0 Å². The van der Waals surface area contributed by atoms with Gasteiger partial charge in [-0.25, -0.2) is 4.79 Å². The van der Waals surface area contributed by atoms with E-state index in [1.165, 1.54) is 5.56 Å². The highest BCUT2D eigenvalue weighted by Crippen LogP contribution is 2.21. The van der Waals surface area contributed by atoms with Crippen molar-refractivity contribution in [3.05, 3.63) is 57.3 Å². The van der Waals surface area contributed by atoms with Crippen LogP contribution in [0.2, 0.25) is 0 Å². The first kappa shape index (κ1) is 18.5. The predicted molar refractivity (Wildman–Crippen MR) is 99.7 cm³/mol. The minimum Gasteiger partial charge on any atom is -0.452 e. The molecule has 0 saturated heterocycles. The molecule has 1 aromatic carbocycles. The third kappa shape index (κ3) is 6.02. The van der Waals surface area contributed by atoms with Gasteiger partial charge in [-0.05, 0) is 25.5 Å². The Bertz CT molecular complexity index is 683. The maximum atomic E-state index is 11.9. The highest BCUT2D eigenvalue weighted by atomic mass is 32.2. The maximum absolute atomic E-state index is 11.9. The van der Waals surface area contributed by atoms with Crippen molar-refractivity contribution in [2.24, 2.45) is 0 Å². The van der Waals surface area contributed by atoms with Crippen molar-refractivity contribution in [2.75, 3.05) is 18.9 Å². The van der Waals surface area contributed by atoms with Crippen molar-refractivity contribution < 1.29 is 14.3 Å². The number of thiophene rings is 1. The molecule has 1 N–H and O–H groups in total. The second-order valence-corrected chi connectivity index (χ2v) is 7.86. The number of hydrogen-bond acceptors (Lipinski definition) is 5. The van der Waals surface area contributed by atoms with Gasteiger partial charge in [-0.3, -0.25) is 4.79 Å². The predicted octanol–water partition coefficient (Wildman–Crippen LogP) is 3.57. The number of nitrogens with one attached hydrogen (secondary N) is 1. The standard InChI is InChI=1S/C18H21NO3S2/c1-13-10-16(14(2)24-13)18(21)22-11-17(20)19-8-9-23-12-15-6-4-3-5-7-15/h3-7,10H,8-9,11-12H2,1-2H3,(H,19,20). The molecule has 0 spiro atoms. The van der Waals surface area contributed by atoms with Crippen LogP contribution in [-0.2, 0) is 15.3 Å². The number of carbonyl (C=O) groups excluding carboxylic acids is 2. The summed E-state index contributed by atoms with van der Waals surface area (Å²) in [7, 11) is 0. The summed E-state index contributed by atoms with van der Waals surface area (Å²) in [5.74, 6) is 1.03. The Labute approximate surface area is 150 Å². The molecule has 0 fully saturated rings. The zero-order valence-corrected chi connectivity index (χ0v) is 15.5. The lowest BCUT2D eigenvalue weighted by Crippen LogP contribution is -2.30. The highest BCUT2D eigenvalue weighted by molar-refractivity contribution is 7.98. The van der Waals surface area contributed by atoms with Crippen LogP contribution in [0.25, 0.3) is 0 Å². The molecule has 1 amide bonds. The van der Waals surface area contributed by atoms with Crippen molar-refractivity contribution in [1.82, 2.24) is 5.32 Å². The molecule has 0 unspecified atom stereocenters. The minimum absolute atomic E-state index is 0.240. The number of amides is 1. The number of rotatable bonds is 8. The van der Waals surface area contributed by atoms with Gasteiger partial charge < -0.3 is 10.1 Å². The van der Waals surface area contributed by atoms with Gasteiger partial charge >= 0.3 is 5.97 Å². The fourth-order valence-corrected chi connectivity index (χ4v) is 3.85. The van der Waals surface area contributed by atoms with Gasteiger partial charge in [0.1, 0.15) is 0 Å². The molecule has 0 aliphatic rings. The van der Waals surface area contributed by atoms with E-state index in [0.717, 1.165) is 21.3 Å². The van der Waals surface area contributed by atoms with E-state index in [9.17, 15) is 9.59 Å². The number of benzene rings is 1. The molecule has 0 atom stereocenters. The Morgan fingerprint density at radius 1 is 1.21 bits per heavy atom. The Kier molecular flexibility index (Phi) is 7.34. The molecule has 6 heteroatoms. The average molecular weight is 364 g/mol. The van der Waals surface area contributed by atoms with Gasteiger partial charge in [-0.2, -0.15) is 11.8 Å². The lowest BCUT2D eigenvalue weighted by molar-refractivity contribution is -0.124. The molecule has 0 aliphatic heterocycles. The van der Waals surface area contributed by atoms with E-state index in [1.54, 1.807) is 29.2 Å². The summed E-state index contributed by atoms with van der Waals surface area (Å²) in [5.41, 5.74) is 1.81. The fraction of sp³-hybridized carbons (Fsp3) is 0.333. The largest absolute Gasteiger partial charge is 0.452 e. The molecular weight excluding hydrogens is 342 g/mol. The van der Waals surface area contributed by atoms with Crippen molar-refractivity contribution >= 4 is 35.0 Å². The zero-order valence-electron chi connectivity index (χ0n) is 13.8. The molecule has 2 aromatic rings. The summed E-state index contributed by atoms with van der Waals surface area (Å²) < 4.78 is 5.06. The normalized spacial score (nSPS) is 10.4. The average Bonchev–Trinajstić information content (AvgIpc) is 2.92. The molecule has 0 aliphatic carbocycles. The summed E-state index contributed by atoms with van der Waals surface area (Å²) in [6.07, 6.45) is 0. The number of ether oxygens (including phenoxy) is 1. The summed E-state index contributed by atoms with van der Waals surface area (Å²) >= 11 is 3.30. The maximum Gasteiger partial charge on any atom is 0.339 e. The van der Waals surface area contributed by atoms with Gasteiger partial charge in [0, 0.05) is 27.8 Å². The summed E-state index contributed by atoms with van der Waals surface area (Å²) in [6.45, 7) is 4.13. The lowest BCUT2D eigenvalue weighted by Gasteiger charge is -2.06. The van der Waals surface area contributed by atoms with E-state index in [4.69, 9.17) is 4.74 Å². The van der Waals surface area contributed by atoms with Crippen LogP contribution in [0.15, 0.2) is 36.4 Å². The van der Waals surface area contributed by atoms with Crippen molar-refractivity contribution in [3.63, 3.8) is 0 Å². The van der Waals surface area contributed by atoms with Crippen molar-refractivity contribution in [2.45, 2.75) is 19.6 Å². The summed E-state index contributed by atoms with van der Waals surface area (Å²) in [4.78, 5) is 25.6. The Morgan fingerprint density at radius 3 is 2.62 bits per heavy atom. The van der Waals surface area contributed by atoms with Crippen LogP contribution in [0.1, 0.15) is 25.7 Å². The Balaban J connectivity index is 1.60. The molecule has 0 bridgehead atoms. The van der Waals surface area contributed by atoms with Gasteiger partial charge in [0.05, 0.1) is 5.56 Å². The second-order valence-electron chi connectivity index (χ2n) is 5.29. The molecule has 0 saturated carbocycles. The van der Waals surface area contributed by atoms with E-state index in [0.29, 0.717) is 12.1 Å². The molecule has 0 radical (unpaired) electrons. The SMILES string of the molecule is Cc1cc(C(=O)OCC(=O)NCCSCc2ccccc2)c(C)s1. The summed E-state index contributed by atoms with van der Waals surface area (Å²) in [5, 5.41) is 2.76. The van der Waals surface area contributed by atoms with Crippen LogP contribution in [0, 0.1) is 13.8 Å². The number of thioether (sulfide) groups is 1. The zero-order chi connectivity index (χ0) is 17.4.